The average Bonchev–Trinajstić information content (AvgIpc) is 2.53. The van der Waals surface area contributed by atoms with Crippen LogP contribution in [0.4, 0.5) is 0 Å². The lowest BCUT2D eigenvalue weighted by Crippen LogP contribution is -3.00. The third-order valence-electron chi connectivity index (χ3n) is 3.90. The molecule has 3 rings (SSSR count). The molecule has 0 atom stereocenters. The highest BCUT2D eigenvalue weighted by molar-refractivity contribution is 5.85. The van der Waals surface area contributed by atoms with E-state index in [1.807, 2.05) is 0 Å². The van der Waals surface area contributed by atoms with Gasteiger partial charge < -0.3 is 34.9 Å². The third kappa shape index (κ3) is 5.11. The van der Waals surface area contributed by atoms with E-state index < -0.39 is 0 Å². The zero-order valence-electron chi connectivity index (χ0n) is 12.6. The van der Waals surface area contributed by atoms with Crippen LogP contribution in [0.5, 0.6) is 0 Å². The van der Waals surface area contributed by atoms with Crippen molar-refractivity contribution in [2.24, 2.45) is 0 Å². The van der Waals surface area contributed by atoms with Gasteiger partial charge in [-0.1, -0.05) is 42.5 Å². The van der Waals surface area contributed by atoms with Crippen molar-refractivity contribution < 1.29 is 29.6 Å². The summed E-state index contributed by atoms with van der Waals surface area (Å²) in [6.07, 6.45) is 0. The Bertz CT molecular complexity index is 554. The predicted molar refractivity (Wildman–Crippen MR) is 82.9 cm³/mol. The van der Waals surface area contributed by atoms with Gasteiger partial charge >= 0.3 is 0 Å². The summed E-state index contributed by atoms with van der Waals surface area (Å²) in [5.41, 5.74) is 1.38. The summed E-state index contributed by atoms with van der Waals surface area (Å²) < 4.78 is 5.36. The van der Waals surface area contributed by atoms with Gasteiger partial charge in [0.25, 0.3) is 0 Å². The Morgan fingerprint density at radius 3 is 2.50 bits per heavy atom. The Balaban J connectivity index is 0.00000121. The minimum atomic E-state index is 0. The van der Waals surface area contributed by atoms with E-state index >= 15 is 0 Å². The Labute approximate surface area is 144 Å². The van der Waals surface area contributed by atoms with Gasteiger partial charge in [0.2, 0.25) is 0 Å². The molecule has 1 saturated heterocycles. The number of nitrogens with one attached hydrogen (secondary N) is 1. The maximum absolute atomic E-state index is 5.36. The molecular formula is C17H22Cl2N2O-2. The quantitative estimate of drug-likeness (QED) is 0.566. The van der Waals surface area contributed by atoms with Crippen molar-refractivity contribution in [1.82, 2.24) is 10.2 Å². The highest BCUT2D eigenvalue weighted by atomic mass is 35.5. The van der Waals surface area contributed by atoms with Gasteiger partial charge in [-0.3, -0.25) is 4.90 Å². The van der Waals surface area contributed by atoms with Crippen LogP contribution in [0, 0.1) is 0 Å². The molecule has 0 bridgehead atoms. The number of rotatable bonds is 5. The first-order valence-corrected chi connectivity index (χ1v) is 7.41. The molecule has 2 aromatic rings. The van der Waals surface area contributed by atoms with Crippen LogP contribution in [-0.2, 0) is 11.3 Å². The molecule has 1 aliphatic rings. The summed E-state index contributed by atoms with van der Waals surface area (Å²) in [5, 5.41) is 6.23. The fourth-order valence-electron chi connectivity index (χ4n) is 2.73. The molecule has 0 aliphatic carbocycles. The van der Waals surface area contributed by atoms with Crippen LogP contribution in [0.1, 0.15) is 5.56 Å². The van der Waals surface area contributed by atoms with Gasteiger partial charge in [0.15, 0.2) is 0 Å². The number of fused-ring (bicyclic) bond motifs is 1. The summed E-state index contributed by atoms with van der Waals surface area (Å²) >= 11 is 0. The van der Waals surface area contributed by atoms with Crippen LogP contribution in [0.15, 0.2) is 42.5 Å². The highest BCUT2D eigenvalue weighted by Crippen LogP contribution is 2.18. The molecule has 3 nitrogen and oxygen atoms in total. The molecule has 1 heterocycles. The third-order valence-corrected chi connectivity index (χ3v) is 3.90. The lowest BCUT2D eigenvalue weighted by molar-refractivity contribution is -0.001000. The molecule has 22 heavy (non-hydrogen) atoms. The van der Waals surface area contributed by atoms with Crippen molar-refractivity contribution in [1.29, 1.82) is 0 Å². The molecule has 0 amide bonds. The van der Waals surface area contributed by atoms with Crippen molar-refractivity contribution in [2.45, 2.75) is 6.54 Å². The van der Waals surface area contributed by atoms with Crippen LogP contribution in [0.2, 0.25) is 0 Å². The molecule has 122 valence electrons. The minimum Gasteiger partial charge on any atom is -1.00 e. The van der Waals surface area contributed by atoms with E-state index in [9.17, 15) is 0 Å². The van der Waals surface area contributed by atoms with Crippen LogP contribution in [-0.4, -0.2) is 44.3 Å². The largest absolute Gasteiger partial charge is 1.00 e. The maximum Gasteiger partial charge on any atom is 0.0594 e. The number of halogens is 2. The molecule has 0 aromatic heterocycles. The van der Waals surface area contributed by atoms with Crippen LogP contribution < -0.4 is 30.1 Å². The van der Waals surface area contributed by atoms with Gasteiger partial charge in [-0.05, 0) is 16.3 Å². The Morgan fingerprint density at radius 2 is 1.68 bits per heavy atom. The van der Waals surface area contributed by atoms with Crippen molar-refractivity contribution in [3.63, 3.8) is 0 Å². The maximum atomic E-state index is 5.36. The topological polar surface area (TPSA) is 24.5 Å². The SMILES string of the molecule is [Cl-].[Cl-].c1ccc2c(CNCCN3CCOCC3)cccc2c1. The highest BCUT2D eigenvalue weighted by Gasteiger charge is 2.09. The number of ether oxygens (including phenoxy) is 1. The Hall–Kier alpha value is -0.840. The average molecular weight is 341 g/mol. The molecule has 5 heteroatoms. The number of nitrogens with zero attached hydrogens (tertiary/aromatic N) is 1. The van der Waals surface area contributed by atoms with E-state index in [0.29, 0.717) is 0 Å². The second kappa shape index (κ2) is 10.0. The summed E-state index contributed by atoms with van der Waals surface area (Å²) in [6, 6.07) is 15.1. The van der Waals surface area contributed by atoms with Crippen molar-refractivity contribution in [3.8, 4) is 0 Å². The monoisotopic (exact) mass is 340 g/mol. The standard InChI is InChI=1S/C17H22N2O.2ClH/c1-2-7-17-15(4-1)5-3-6-16(17)14-18-8-9-19-10-12-20-13-11-19;;/h1-7,18H,8-14H2;2*1H/p-2. The van der Waals surface area contributed by atoms with Gasteiger partial charge in [-0.15, -0.1) is 0 Å². The van der Waals surface area contributed by atoms with Gasteiger partial charge in [-0.2, -0.15) is 0 Å². The van der Waals surface area contributed by atoms with E-state index in [2.05, 4.69) is 52.7 Å². The molecule has 0 unspecified atom stereocenters. The number of benzene rings is 2. The second-order valence-corrected chi connectivity index (χ2v) is 5.27. The molecule has 0 saturated carbocycles. The van der Waals surface area contributed by atoms with E-state index in [1.165, 1.54) is 16.3 Å². The molecule has 1 aliphatic heterocycles. The van der Waals surface area contributed by atoms with E-state index in [1.54, 1.807) is 0 Å². The van der Waals surface area contributed by atoms with Crippen molar-refractivity contribution in [2.75, 3.05) is 39.4 Å². The molecular weight excluding hydrogens is 319 g/mol. The first-order chi connectivity index (χ1) is 9.93. The molecule has 0 spiro atoms. The zero-order chi connectivity index (χ0) is 13.6. The summed E-state index contributed by atoms with van der Waals surface area (Å²) in [6.45, 7) is 6.96. The summed E-state index contributed by atoms with van der Waals surface area (Å²) in [7, 11) is 0. The first kappa shape index (κ1) is 19.2. The molecule has 0 radical (unpaired) electrons. The van der Waals surface area contributed by atoms with Gasteiger partial charge in [-0.25, -0.2) is 0 Å². The lowest BCUT2D eigenvalue weighted by atomic mass is 10.0. The first-order valence-electron chi connectivity index (χ1n) is 7.41. The molecule has 1 fully saturated rings. The number of morpholine rings is 1. The molecule has 1 N–H and O–H groups in total. The predicted octanol–water partition coefficient (Wildman–Crippen LogP) is -3.73. The minimum absolute atomic E-state index is 0. The van der Waals surface area contributed by atoms with E-state index in [-0.39, 0.29) is 24.8 Å². The Morgan fingerprint density at radius 1 is 0.955 bits per heavy atom. The van der Waals surface area contributed by atoms with Crippen molar-refractivity contribution >= 4 is 10.8 Å². The van der Waals surface area contributed by atoms with E-state index in [0.717, 1.165) is 45.9 Å². The molecule has 2 aromatic carbocycles. The fourth-order valence-corrected chi connectivity index (χ4v) is 2.73. The number of hydrogen-bond acceptors (Lipinski definition) is 3. The summed E-state index contributed by atoms with van der Waals surface area (Å²) in [4.78, 5) is 2.46. The normalized spacial score (nSPS) is 15.1. The lowest BCUT2D eigenvalue weighted by Gasteiger charge is -2.26. The fraction of sp³-hybridized carbons (Fsp3) is 0.412. The van der Waals surface area contributed by atoms with Gasteiger partial charge in [0.1, 0.15) is 0 Å². The number of hydrogen-bond donors (Lipinski definition) is 1. The van der Waals surface area contributed by atoms with Crippen molar-refractivity contribution in [3.05, 3.63) is 48.0 Å². The smallest absolute Gasteiger partial charge is 0.0594 e. The van der Waals surface area contributed by atoms with Crippen LogP contribution in [0.3, 0.4) is 0 Å². The zero-order valence-corrected chi connectivity index (χ0v) is 14.1. The van der Waals surface area contributed by atoms with Crippen LogP contribution in [0.25, 0.3) is 10.8 Å². The Kier molecular flexibility index (Phi) is 8.76. The van der Waals surface area contributed by atoms with Gasteiger partial charge in [0, 0.05) is 32.7 Å². The van der Waals surface area contributed by atoms with Crippen LogP contribution >= 0.6 is 0 Å². The van der Waals surface area contributed by atoms with Gasteiger partial charge in [0.05, 0.1) is 13.2 Å². The second-order valence-electron chi connectivity index (χ2n) is 5.27. The summed E-state index contributed by atoms with van der Waals surface area (Å²) in [5.74, 6) is 0. The van der Waals surface area contributed by atoms with E-state index in [4.69, 9.17) is 4.74 Å².